The minimum absolute atomic E-state index is 0.00568. The molecule has 3 aromatic rings. The molecule has 13 nitrogen and oxygen atoms in total. The number of aromatic hydroxyl groups is 1. The van der Waals surface area contributed by atoms with Crippen molar-refractivity contribution < 1.29 is 39.3 Å². The fourth-order valence-corrected chi connectivity index (χ4v) is 3.89. The second kappa shape index (κ2) is 13.1. The van der Waals surface area contributed by atoms with Crippen molar-refractivity contribution in [1.29, 1.82) is 0 Å². The minimum Gasteiger partial charge on any atom is -0.508 e. The molecule has 0 radical (unpaired) electrons. The molecule has 0 aliphatic heterocycles. The lowest BCUT2D eigenvalue weighted by Crippen LogP contribution is -2.55. The molecule has 0 bridgehead atoms. The van der Waals surface area contributed by atoms with Crippen LogP contribution in [0.2, 0.25) is 0 Å². The number of phenolic OH excluding ortho intramolecular Hbond substituents is 1. The van der Waals surface area contributed by atoms with Crippen LogP contribution in [0.1, 0.15) is 17.5 Å². The monoisotopic (exact) mass is 539 g/mol. The zero-order valence-electron chi connectivity index (χ0n) is 20.7. The van der Waals surface area contributed by atoms with Crippen molar-refractivity contribution in [3.63, 3.8) is 0 Å². The summed E-state index contributed by atoms with van der Waals surface area (Å²) in [6, 6.07) is 9.25. The van der Waals surface area contributed by atoms with Crippen molar-refractivity contribution >= 4 is 40.6 Å². The maximum Gasteiger partial charge on any atom is 0.326 e. The number of rotatable bonds is 13. The van der Waals surface area contributed by atoms with E-state index >= 15 is 0 Å². The number of amides is 3. The molecule has 9 N–H and O–H groups in total. The van der Waals surface area contributed by atoms with E-state index in [0.29, 0.717) is 11.1 Å². The van der Waals surface area contributed by atoms with Crippen LogP contribution in [0.5, 0.6) is 5.75 Å². The molecular formula is C26H29N5O8. The van der Waals surface area contributed by atoms with Gasteiger partial charge >= 0.3 is 11.9 Å². The molecule has 206 valence electrons. The molecule has 3 amide bonds. The number of carbonyl (C=O) groups is 5. The van der Waals surface area contributed by atoms with Crippen LogP contribution in [0.3, 0.4) is 0 Å². The molecule has 0 spiro atoms. The number of carboxylic acid groups (broad SMARTS) is 2. The highest BCUT2D eigenvalue weighted by Crippen LogP contribution is 2.19. The van der Waals surface area contributed by atoms with Gasteiger partial charge in [-0.05, 0) is 29.3 Å². The van der Waals surface area contributed by atoms with E-state index in [4.69, 9.17) is 10.8 Å². The molecular weight excluding hydrogens is 510 g/mol. The Balaban J connectivity index is 1.72. The second-order valence-corrected chi connectivity index (χ2v) is 8.88. The molecule has 3 unspecified atom stereocenters. The van der Waals surface area contributed by atoms with E-state index in [1.54, 1.807) is 6.20 Å². The number of carboxylic acids is 2. The third-order valence-electron chi connectivity index (χ3n) is 5.90. The maximum atomic E-state index is 13.2. The standard InChI is InChI=1S/C26H29N5O8/c27-18(11-23(34)35)24(36)29-13-22(33)30-20(9-14-5-7-16(32)8-6-14)25(37)31-21(26(38)39)10-15-12-28-19-4-2-1-3-17(15)19/h1-8,12,18,20-21,28,32H,9-11,13,27H2,(H,29,36)(H,30,33)(H,31,37)(H,34,35)(H,38,39). The Morgan fingerprint density at radius 2 is 1.56 bits per heavy atom. The minimum atomic E-state index is -1.37. The number of H-pyrrole nitrogens is 1. The highest BCUT2D eigenvalue weighted by molar-refractivity contribution is 5.93. The summed E-state index contributed by atoms with van der Waals surface area (Å²) in [6.07, 6.45) is 0.957. The Hall–Kier alpha value is -4.91. The topological polar surface area (TPSA) is 224 Å². The number of fused-ring (bicyclic) bond motifs is 1. The summed E-state index contributed by atoms with van der Waals surface area (Å²) in [4.78, 5) is 63.5. The van der Waals surface area contributed by atoms with Crippen LogP contribution in [-0.4, -0.2) is 74.6 Å². The summed E-state index contributed by atoms with van der Waals surface area (Å²) in [5, 5.41) is 36.0. The molecule has 0 saturated heterocycles. The summed E-state index contributed by atoms with van der Waals surface area (Å²) >= 11 is 0. The van der Waals surface area contributed by atoms with E-state index in [-0.39, 0.29) is 18.6 Å². The first kappa shape index (κ1) is 28.7. The molecule has 13 heteroatoms. The summed E-state index contributed by atoms with van der Waals surface area (Å²) in [5.74, 6) is -4.99. The fourth-order valence-electron chi connectivity index (χ4n) is 3.89. The van der Waals surface area contributed by atoms with Gasteiger partial charge in [0.1, 0.15) is 17.8 Å². The van der Waals surface area contributed by atoms with Gasteiger partial charge in [0.2, 0.25) is 17.7 Å². The fraction of sp³-hybridized carbons (Fsp3) is 0.269. The van der Waals surface area contributed by atoms with Crippen LogP contribution in [0, 0.1) is 0 Å². The average molecular weight is 540 g/mol. The molecule has 2 aromatic carbocycles. The highest BCUT2D eigenvalue weighted by atomic mass is 16.4. The van der Waals surface area contributed by atoms with Crippen molar-refractivity contribution in [3.8, 4) is 5.75 Å². The van der Waals surface area contributed by atoms with Crippen LogP contribution in [0.25, 0.3) is 10.9 Å². The molecule has 3 rings (SSSR count). The molecule has 1 aromatic heterocycles. The van der Waals surface area contributed by atoms with Gasteiger partial charge in [0.25, 0.3) is 0 Å². The van der Waals surface area contributed by atoms with E-state index in [1.807, 2.05) is 24.3 Å². The number of nitrogens with two attached hydrogens (primary N) is 1. The SMILES string of the molecule is NC(CC(=O)O)C(=O)NCC(=O)NC(Cc1ccc(O)cc1)C(=O)NC(Cc1c[nH]c2ccccc12)C(=O)O. The van der Waals surface area contributed by atoms with Crippen LogP contribution < -0.4 is 21.7 Å². The van der Waals surface area contributed by atoms with E-state index in [0.717, 1.165) is 10.9 Å². The number of benzene rings is 2. The van der Waals surface area contributed by atoms with Gasteiger partial charge in [-0.25, -0.2) is 4.79 Å². The molecule has 3 atom stereocenters. The largest absolute Gasteiger partial charge is 0.508 e. The van der Waals surface area contributed by atoms with Gasteiger partial charge in [-0.2, -0.15) is 0 Å². The smallest absolute Gasteiger partial charge is 0.326 e. The van der Waals surface area contributed by atoms with Gasteiger partial charge in [0, 0.05) is 29.9 Å². The Bertz CT molecular complexity index is 1350. The molecule has 39 heavy (non-hydrogen) atoms. The van der Waals surface area contributed by atoms with Gasteiger partial charge in [0.15, 0.2) is 0 Å². The molecule has 0 aliphatic carbocycles. The average Bonchev–Trinajstić information content (AvgIpc) is 3.30. The number of aromatic amines is 1. The van der Waals surface area contributed by atoms with E-state index in [9.17, 15) is 34.2 Å². The second-order valence-electron chi connectivity index (χ2n) is 8.88. The number of para-hydroxylation sites is 1. The summed E-state index contributed by atoms with van der Waals surface area (Å²) in [7, 11) is 0. The van der Waals surface area contributed by atoms with Gasteiger partial charge in [-0.3, -0.25) is 19.2 Å². The van der Waals surface area contributed by atoms with Crippen molar-refractivity contribution in [1.82, 2.24) is 20.9 Å². The van der Waals surface area contributed by atoms with Gasteiger partial charge in [-0.1, -0.05) is 30.3 Å². The molecule has 1 heterocycles. The third-order valence-corrected chi connectivity index (χ3v) is 5.90. The van der Waals surface area contributed by atoms with E-state index in [1.165, 1.54) is 24.3 Å². The lowest BCUT2D eigenvalue weighted by Gasteiger charge is -2.22. The number of hydrogen-bond donors (Lipinski definition) is 8. The molecule has 0 aliphatic rings. The lowest BCUT2D eigenvalue weighted by molar-refractivity contribution is -0.142. The number of carbonyl (C=O) groups excluding carboxylic acids is 3. The van der Waals surface area contributed by atoms with Crippen LogP contribution in [0.4, 0.5) is 0 Å². The van der Waals surface area contributed by atoms with Crippen molar-refractivity contribution in [2.45, 2.75) is 37.4 Å². The van der Waals surface area contributed by atoms with Crippen molar-refractivity contribution in [3.05, 3.63) is 65.9 Å². The number of hydrogen-bond acceptors (Lipinski definition) is 7. The Morgan fingerprint density at radius 3 is 2.23 bits per heavy atom. The first-order valence-corrected chi connectivity index (χ1v) is 11.9. The molecule has 0 fully saturated rings. The maximum absolute atomic E-state index is 13.2. The van der Waals surface area contributed by atoms with E-state index in [2.05, 4.69) is 20.9 Å². The van der Waals surface area contributed by atoms with Crippen molar-refractivity contribution in [2.24, 2.45) is 5.73 Å². The first-order chi connectivity index (χ1) is 18.5. The van der Waals surface area contributed by atoms with Crippen molar-refractivity contribution in [2.75, 3.05) is 6.54 Å². The van der Waals surface area contributed by atoms with Crippen LogP contribution in [0.15, 0.2) is 54.7 Å². The lowest BCUT2D eigenvalue weighted by atomic mass is 10.0. The Labute approximate surface area is 222 Å². The third kappa shape index (κ3) is 8.30. The van der Waals surface area contributed by atoms with Gasteiger partial charge in [0.05, 0.1) is 19.0 Å². The number of aliphatic carboxylic acids is 2. The molecule has 0 saturated carbocycles. The quantitative estimate of drug-likeness (QED) is 0.142. The number of aromatic nitrogens is 1. The summed E-state index contributed by atoms with van der Waals surface area (Å²) in [5.41, 5.74) is 7.52. The van der Waals surface area contributed by atoms with Gasteiger partial charge < -0.3 is 42.0 Å². The number of phenols is 1. The highest BCUT2D eigenvalue weighted by Gasteiger charge is 2.28. The number of nitrogens with one attached hydrogen (secondary N) is 4. The summed E-state index contributed by atoms with van der Waals surface area (Å²) < 4.78 is 0. The predicted molar refractivity (Wildman–Crippen MR) is 139 cm³/mol. The van der Waals surface area contributed by atoms with Gasteiger partial charge in [-0.15, -0.1) is 0 Å². The van der Waals surface area contributed by atoms with Crippen LogP contribution in [-0.2, 0) is 36.8 Å². The Kier molecular flexibility index (Phi) is 9.59. The zero-order chi connectivity index (χ0) is 28.5. The van der Waals surface area contributed by atoms with Crippen LogP contribution >= 0.6 is 0 Å². The predicted octanol–water partition coefficient (Wildman–Crippen LogP) is -0.369. The first-order valence-electron chi connectivity index (χ1n) is 11.9. The normalized spacial score (nSPS) is 13.2. The van der Waals surface area contributed by atoms with E-state index < -0.39 is 60.8 Å². The zero-order valence-corrected chi connectivity index (χ0v) is 20.7. The Morgan fingerprint density at radius 1 is 0.872 bits per heavy atom. The summed E-state index contributed by atoms with van der Waals surface area (Å²) in [6.45, 7) is -0.594.